The van der Waals surface area contributed by atoms with E-state index in [0.29, 0.717) is 5.82 Å². The minimum Gasteiger partial charge on any atom is -0.360 e. The number of carbonyl (C=O) groups excluding carboxylic acids is 1. The topological polar surface area (TPSA) is 83.9 Å². The van der Waals surface area contributed by atoms with Crippen LogP contribution in [0.5, 0.6) is 0 Å². The van der Waals surface area contributed by atoms with Crippen molar-refractivity contribution in [1.82, 2.24) is 15.0 Å². The number of aryl methyl sites for hydroxylation is 2. The van der Waals surface area contributed by atoms with Crippen LogP contribution in [-0.2, 0) is 4.79 Å². The molecular weight excluding hydrogens is 268 g/mol. The first-order valence-electron chi connectivity index (χ1n) is 6.44. The highest BCUT2D eigenvalue weighted by atomic mass is 16.5. The van der Waals surface area contributed by atoms with Crippen molar-refractivity contribution < 1.29 is 9.32 Å². The quantitative estimate of drug-likeness (QED) is 0.690. The van der Waals surface area contributed by atoms with Crippen molar-refractivity contribution in [1.29, 1.82) is 5.26 Å². The molecule has 0 aliphatic carbocycles. The highest BCUT2D eigenvalue weighted by Crippen LogP contribution is 2.22. The van der Waals surface area contributed by atoms with Crippen LogP contribution in [0.2, 0.25) is 0 Å². The van der Waals surface area contributed by atoms with Gasteiger partial charge in [0.15, 0.2) is 5.82 Å². The molecule has 2 rings (SSSR count). The molecule has 2 aromatic rings. The summed E-state index contributed by atoms with van der Waals surface area (Å²) in [7, 11) is 1.50. The summed E-state index contributed by atoms with van der Waals surface area (Å²) in [5, 5.41) is 15.5. The van der Waals surface area contributed by atoms with Crippen LogP contribution in [0.3, 0.4) is 0 Å². The van der Waals surface area contributed by atoms with Crippen LogP contribution in [0.4, 0.5) is 0 Å². The predicted molar refractivity (Wildman–Crippen MR) is 77.7 cm³/mol. The number of likely N-dealkylation sites (N-methyl/N-ethyl adjacent to an activating group) is 1. The molecule has 0 saturated carbocycles. The van der Waals surface area contributed by atoms with E-state index >= 15 is 0 Å². The Hall–Kier alpha value is -2.81. The summed E-state index contributed by atoms with van der Waals surface area (Å²) < 4.78 is 7.01. The van der Waals surface area contributed by atoms with E-state index in [4.69, 9.17) is 9.78 Å². The molecule has 1 N–H and O–H groups in total. The van der Waals surface area contributed by atoms with Gasteiger partial charge >= 0.3 is 0 Å². The summed E-state index contributed by atoms with van der Waals surface area (Å²) in [5.74, 6) is 0.998. The summed E-state index contributed by atoms with van der Waals surface area (Å²) in [4.78, 5) is 11.6. The maximum Gasteiger partial charge on any atom is 0.261 e. The smallest absolute Gasteiger partial charge is 0.261 e. The molecule has 6 heteroatoms. The summed E-state index contributed by atoms with van der Waals surface area (Å²) in [6.45, 7) is 5.66. The summed E-state index contributed by atoms with van der Waals surface area (Å²) in [6, 6.07) is 5.64. The molecule has 108 valence electrons. The molecule has 0 unspecified atom stereocenters. The molecule has 0 saturated heterocycles. The molecule has 0 aliphatic rings. The number of amides is 1. The van der Waals surface area contributed by atoms with Gasteiger partial charge in [0.25, 0.3) is 5.91 Å². The Balaban J connectivity index is 2.52. The number of rotatable bonds is 3. The van der Waals surface area contributed by atoms with E-state index in [1.807, 2.05) is 43.5 Å². The Morgan fingerprint density at radius 2 is 2.14 bits per heavy atom. The Morgan fingerprint density at radius 1 is 1.43 bits per heavy atom. The van der Waals surface area contributed by atoms with Crippen LogP contribution < -0.4 is 5.32 Å². The summed E-state index contributed by atoms with van der Waals surface area (Å²) in [5.41, 5.74) is 2.70. The van der Waals surface area contributed by atoms with E-state index in [1.165, 1.54) is 7.05 Å². The molecule has 0 aliphatic heterocycles. The number of nitriles is 1. The molecular formula is C15H16N4O2. The van der Waals surface area contributed by atoms with Crippen LogP contribution >= 0.6 is 0 Å². The highest BCUT2D eigenvalue weighted by molar-refractivity contribution is 6.01. The number of nitrogens with zero attached hydrogens (tertiary/aromatic N) is 3. The minimum absolute atomic E-state index is 0.0640. The van der Waals surface area contributed by atoms with Gasteiger partial charge in [0.05, 0.1) is 0 Å². The van der Waals surface area contributed by atoms with E-state index in [-0.39, 0.29) is 5.57 Å². The highest BCUT2D eigenvalue weighted by Gasteiger charge is 2.14. The lowest BCUT2D eigenvalue weighted by Gasteiger charge is -2.04. The average molecular weight is 284 g/mol. The first-order valence-corrected chi connectivity index (χ1v) is 6.44. The predicted octanol–water partition coefficient (Wildman–Crippen LogP) is 2.04. The number of hydrogen-bond donors (Lipinski definition) is 1. The Morgan fingerprint density at radius 3 is 2.67 bits per heavy atom. The Bertz CT molecular complexity index is 759. The molecule has 0 bridgehead atoms. The van der Waals surface area contributed by atoms with E-state index in [9.17, 15) is 4.79 Å². The molecule has 0 atom stereocenters. The zero-order valence-corrected chi connectivity index (χ0v) is 12.4. The SMILES string of the molecule is CNC(=O)C(C#N)=Cc1cc(C)n(-c2cc(C)on2)c1C. The van der Waals surface area contributed by atoms with Crippen LogP contribution in [0, 0.1) is 32.1 Å². The van der Waals surface area contributed by atoms with Crippen molar-refractivity contribution in [2.45, 2.75) is 20.8 Å². The largest absolute Gasteiger partial charge is 0.360 e. The van der Waals surface area contributed by atoms with Crippen molar-refractivity contribution >= 4 is 12.0 Å². The summed E-state index contributed by atoms with van der Waals surface area (Å²) in [6.07, 6.45) is 1.57. The van der Waals surface area contributed by atoms with Gasteiger partial charge in [-0.3, -0.25) is 9.36 Å². The van der Waals surface area contributed by atoms with Gasteiger partial charge in [0.1, 0.15) is 17.4 Å². The molecule has 2 aromatic heterocycles. The van der Waals surface area contributed by atoms with E-state index < -0.39 is 5.91 Å². The maximum atomic E-state index is 11.6. The van der Waals surface area contributed by atoms with Crippen LogP contribution in [0.25, 0.3) is 11.9 Å². The lowest BCUT2D eigenvalue weighted by molar-refractivity contribution is -0.116. The lowest BCUT2D eigenvalue weighted by atomic mass is 10.1. The van der Waals surface area contributed by atoms with Gasteiger partial charge in [-0.15, -0.1) is 0 Å². The maximum absolute atomic E-state index is 11.6. The van der Waals surface area contributed by atoms with Gasteiger partial charge in [-0.05, 0) is 38.5 Å². The molecule has 0 spiro atoms. The number of nitrogens with one attached hydrogen (secondary N) is 1. The second-order valence-corrected chi connectivity index (χ2v) is 4.71. The first-order chi connectivity index (χ1) is 9.97. The molecule has 6 nitrogen and oxygen atoms in total. The average Bonchev–Trinajstić information content (AvgIpc) is 2.99. The van der Waals surface area contributed by atoms with Gasteiger partial charge in [-0.1, -0.05) is 5.16 Å². The van der Waals surface area contributed by atoms with Gasteiger partial charge in [-0.2, -0.15) is 5.26 Å². The van der Waals surface area contributed by atoms with Crippen molar-refractivity contribution in [3.63, 3.8) is 0 Å². The Labute approximate surface area is 122 Å². The van der Waals surface area contributed by atoms with Crippen LogP contribution in [0.15, 0.2) is 22.2 Å². The third-order valence-electron chi connectivity index (χ3n) is 3.21. The van der Waals surface area contributed by atoms with Crippen molar-refractivity contribution in [3.05, 3.63) is 40.4 Å². The standard InChI is InChI=1S/C15H16N4O2/c1-9-5-12(7-13(8-16)15(20)17-4)11(3)19(9)14-6-10(2)21-18-14/h5-7H,1-4H3,(H,17,20). The van der Waals surface area contributed by atoms with Crippen LogP contribution in [-0.4, -0.2) is 22.7 Å². The Kier molecular flexibility index (Phi) is 3.94. The van der Waals surface area contributed by atoms with Gasteiger partial charge in [-0.25, -0.2) is 0 Å². The van der Waals surface area contributed by atoms with Gasteiger partial charge in [0.2, 0.25) is 0 Å². The fourth-order valence-electron chi connectivity index (χ4n) is 2.18. The monoisotopic (exact) mass is 284 g/mol. The molecule has 1 amide bonds. The fraction of sp³-hybridized carbons (Fsp3) is 0.267. The third kappa shape index (κ3) is 2.72. The van der Waals surface area contributed by atoms with E-state index in [2.05, 4.69) is 10.5 Å². The molecule has 0 radical (unpaired) electrons. The third-order valence-corrected chi connectivity index (χ3v) is 3.21. The minimum atomic E-state index is -0.403. The molecule has 21 heavy (non-hydrogen) atoms. The number of carbonyl (C=O) groups is 1. The lowest BCUT2D eigenvalue weighted by Crippen LogP contribution is -2.19. The van der Waals surface area contributed by atoms with Gasteiger partial charge in [0, 0.05) is 24.5 Å². The van der Waals surface area contributed by atoms with Gasteiger partial charge < -0.3 is 9.84 Å². The van der Waals surface area contributed by atoms with Crippen molar-refractivity contribution in [2.75, 3.05) is 7.05 Å². The van der Waals surface area contributed by atoms with Crippen LogP contribution in [0.1, 0.15) is 22.7 Å². The van der Waals surface area contributed by atoms with Crippen molar-refractivity contribution in [3.8, 4) is 11.9 Å². The molecule has 2 heterocycles. The van der Waals surface area contributed by atoms with E-state index in [0.717, 1.165) is 22.7 Å². The second kappa shape index (κ2) is 5.67. The molecule has 0 fully saturated rings. The molecule has 0 aromatic carbocycles. The zero-order valence-electron chi connectivity index (χ0n) is 12.4. The van der Waals surface area contributed by atoms with Crippen molar-refractivity contribution in [2.24, 2.45) is 0 Å². The fourth-order valence-corrected chi connectivity index (χ4v) is 2.18. The van der Waals surface area contributed by atoms with E-state index in [1.54, 1.807) is 6.08 Å². The zero-order chi connectivity index (χ0) is 15.6. The summed E-state index contributed by atoms with van der Waals surface area (Å²) >= 11 is 0. The second-order valence-electron chi connectivity index (χ2n) is 4.71. The normalized spacial score (nSPS) is 11.3. The number of aromatic nitrogens is 2. The number of hydrogen-bond acceptors (Lipinski definition) is 4. The first kappa shape index (κ1) is 14.6.